The molecule has 4 nitrogen and oxygen atoms in total. The van der Waals surface area contributed by atoms with E-state index in [4.69, 9.17) is 4.74 Å². The first-order chi connectivity index (χ1) is 10.8. The van der Waals surface area contributed by atoms with Gasteiger partial charge in [-0.3, -0.25) is 9.78 Å². The fourth-order valence-electron chi connectivity index (χ4n) is 3.62. The molecule has 4 heteroatoms. The first kappa shape index (κ1) is 15.5. The summed E-state index contributed by atoms with van der Waals surface area (Å²) in [6.45, 7) is 3.40. The zero-order chi connectivity index (χ0) is 15.2. The van der Waals surface area contributed by atoms with Crippen molar-refractivity contribution in [1.29, 1.82) is 0 Å². The minimum atomic E-state index is 0.192. The van der Waals surface area contributed by atoms with Gasteiger partial charge in [0, 0.05) is 44.6 Å². The molecule has 1 amide bonds. The molecule has 2 fully saturated rings. The molecule has 0 aromatic carbocycles. The molecule has 2 saturated heterocycles. The Bertz CT molecular complexity index is 461. The number of carbonyl (C=O) groups is 1. The summed E-state index contributed by atoms with van der Waals surface area (Å²) < 4.78 is 5.47. The predicted octanol–water partition coefficient (Wildman–Crippen LogP) is 2.68. The molecule has 3 rings (SSSR count). The fraction of sp³-hybridized carbons (Fsp3) is 0.667. The minimum absolute atomic E-state index is 0.192. The van der Waals surface area contributed by atoms with Crippen LogP contribution in [0.4, 0.5) is 0 Å². The molecule has 1 aromatic heterocycles. The summed E-state index contributed by atoms with van der Waals surface area (Å²) in [6, 6.07) is 4.15. The smallest absolute Gasteiger partial charge is 0.225 e. The molecular weight excluding hydrogens is 276 g/mol. The normalized spacial score (nSPS) is 24.0. The second-order valence-corrected chi connectivity index (χ2v) is 6.57. The largest absolute Gasteiger partial charge is 0.381 e. The van der Waals surface area contributed by atoms with Crippen LogP contribution in [0, 0.1) is 11.8 Å². The third-order valence-electron chi connectivity index (χ3n) is 4.97. The van der Waals surface area contributed by atoms with Gasteiger partial charge in [0.25, 0.3) is 0 Å². The van der Waals surface area contributed by atoms with E-state index < -0.39 is 0 Å². The monoisotopic (exact) mass is 302 g/mol. The molecule has 2 aliphatic heterocycles. The van der Waals surface area contributed by atoms with Gasteiger partial charge in [-0.05, 0) is 56.1 Å². The van der Waals surface area contributed by atoms with Crippen molar-refractivity contribution in [1.82, 2.24) is 9.88 Å². The Morgan fingerprint density at radius 1 is 1.23 bits per heavy atom. The van der Waals surface area contributed by atoms with E-state index in [0.29, 0.717) is 11.8 Å². The molecule has 0 saturated carbocycles. The van der Waals surface area contributed by atoms with Gasteiger partial charge in [-0.25, -0.2) is 0 Å². The molecule has 120 valence electrons. The van der Waals surface area contributed by atoms with E-state index in [1.165, 1.54) is 5.56 Å². The number of carbonyl (C=O) groups excluding carboxylic acids is 1. The summed E-state index contributed by atoms with van der Waals surface area (Å²) in [6.07, 6.45) is 10.0. The molecule has 0 bridgehead atoms. The van der Waals surface area contributed by atoms with Crippen molar-refractivity contribution in [3.05, 3.63) is 30.1 Å². The number of likely N-dealkylation sites (tertiary alicyclic amines) is 1. The average Bonchev–Trinajstić information content (AvgIpc) is 2.85. The number of aromatic nitrogens is 1. The molecule has 1 unspecified atom stereocenters. The molecular formula is C18H26N2O2. The Kier molecular flexibility index (Phi) is 5.43. The number of hydrogen-bond donors (Lipinski definition) is 0. The summed E-state index contributed by atoms with van der Waals surface area (Å²) in [4.78, 5) is 18.9. The zero-order valence-electron chi connectivity index (χ0n) is 13.2. The van der Waals surface area contributed by atoms with Crippen molar-refractivity contribution in [3.8, 4) is 0 Å². The van der Waals surface area contributed by atoms with E-state index in [-0.39, 0.29) is 5.92 Å². The molecule has 3 heterocycles. The molecule has 1 atom stereocenters. The summed E-state index contributed by atoms with van der Waals surface area (Å²) >= 11 is 0. The number of rotatable bonds is 3. The standard InChI is InChI=1S/C18H26N2O2/c21-18(17-4-2-11-22-12-7-17)20-9-5-15(6-10-20)13-16-3-1-8-19-14-16/h1,3,8,14-15,17H,2,4-7,9-13H2. The summed E-state index contributed by atoms with van der Waals surface area (Å²) in [5, 5.41) is 0. The highest BCUT2D eigenvalue weighted by Gasteiger charge is 2.28. The van der Waals surface area contributed by atoms with Gasteiger partial charge in [-0.15, -0.1) is 0 Å². The second-order valence-electron chi connectivity index (χ2n) is 6.57. The van der Waals surface area contributed by atoms with E-state index in [1.54, 1.807) is 0 Å². The maximum absolute atomic E-state index is 12.6. The molecule has 0 aliphatic carbocycles. The van der Waals surface area contributed by atoms with Crippen LogP contribution in [0.3, 0.4) is 0 Å². The van der Waals surface area contributed by atoms with E-state index in [9.17, 15) is 4.79 Å². The summed E-state index contributed by atoms with van der Waals surface area (Å²) in [5.74, 6) is 1.24. The van der Waals surface area contributed by atoms with Crippen molar-refractivity contribution in [2.24, 2.45) is 11.8 Å². The van der Waals surface area contributed by atoms with E-state index in [0.717, 1.165) is 64.8 Å². The summed E-state index contributed by atoms with van der Waals surface area (Å²) in [7, 11) is 0. The van der Waals surface area contributed by atoms with Crippen LogP contribution in [0.2, 0.25) is 0 Å². The van der Waals surface area contributed by atoms with Crippen molar-refractivity contribution in [3.63, 3.8) is 0 Å². The molecule has 22 heavy (non-hydrogen) atoms. The fourth-order valence-corrected chi connectivity index (χ4v) is 3.62. The van der Waals surface area contributed by atoms with E-state index >= 15 is 0 Å². The summed E-state index contributed by atoms with van der Waals surface area (Å²) in [5.41, 5.74) is 1.31. The van der Waals surface area contributed by atoms with Gasteiger partial charge in [0.15, 0.2) is 0 Å². The molecule has 0 radical (unpaired) electrons. The zero-order valence-corrected chi connectivity index (χ0v) is 13.2. The van der Waals surface area contributed by atoms with Crippen LogP contribution in [0.1, 0.15) is 37.7 Å². The maximum atomic E-state index is 12.6. The third kappa shape index (κ3) is 4.07. The van der Waals surface area contributed by atoms with Crippen LogP contribution in [-0.2, 0) is 16.0 Å². The Hall–Kier alpha value is -1.42. The highest BCUT2D eigenvalue weighted by atomic mass is 16.5. The maximum Gasteiger partial charge on any atom is 0.225 e. The van der Waals surface area contributed by atoms with Crippen molar-refractivity contribution in [2.75, 3.05) is 26.3 Å². The van der Waals surface area contributed by atoms with Gasteiger partial charge in [0.2, 0.25) is 5.91 Å². The number of pyridine rings is 1. The van der Waals surface area contributed by atoms with Gasteiger partial charge in [0.1, 0.15) is 0 Å². The topological polar surface area (TPSA) is 42.4 Å². The number of ether oxygens (including phenoxy) is 1. The number of nitrogens with zero attached hydrogens (tertiary/aromatic N) is 2. The van der Waals surface area contributed by atoms with Crippen LogP contribution < -0.4 is 0 Å². The number of hydrogen-bond acceptors (Lipinski definition) is 3. The first-order valence-electron chi connectivity index (χ1n) is 8.58. The number of amides is 1. The average molecular weight is 302 g/mol. The highest BCUT2D eigenvalue weighted by molar-refractivity contribution is 5.79. The lowest BCUT2D eigenvalue weighted by Crippen LogP contribution is -2.42. The lowest BCUT2D eigenvalue weighted by Gasteiger charge is -2.34. The molecule has 0 spiro atoms. The quantitative estimate of drug-likeness (QED) is 0.862. The van der Waals surface area contributed by atoms with Crippen LogP contribution in [0.5, 0.6) is 0 Å². The van der Waals surface area contributed by atoms with Crippen molar-refractivity contribution >= 4 is 5.91 Å². The second kappa shape index (κ2) is 7.73. The highest BCUT2D eigenvalue weighted by Crippen LogP contribution is 2.25. The molecule has 0 N–H and O–H groups in total. The van der Waals surface area contributed by atoms with Gasteiger partial charge in [-0.1, -0.05) is 6.07 Å². The van der Waals surface area contributed by atoms with Gasteiger partial charge < -0.3 is 9.64 Å². The lowest BCUT2D eigenvalue weighted by atomic mass is 9.89. The van der Waals surface area contributed by atoms with Crippen LogP contribution in [0.15, 0.2) is 24.5 Å². The van der Waals surface area contributed by atoms with Crippen molar-refractivity contribution < 1.29 is 9.53 Å². The van der Waals surface area contributed by atoms with E-state index in [2.05, 4.69) is 16.0 Å². The SMILES string of the molecule is O=C(C1CCCOCC1)N1CCC(Cc2cccnc2)CC1. The first-order valence-corrected chi connectivity index (χ1v) is 8.58. The predicted molar refractivity (Wildman–Crippen MR) is 85.4 cm³/mol. The van der Waals surface area contributed by atoms with Crippen molar-refractivity contribution in [2.45, 2.75) is 38.5 Å². The molecule has 2 aliphatic rings. The van der Waals surface area contributed by atoms with Gasteiger partial charge in [0.05, 0.1) is 0 Å². The van der Waals surface area contributed by atoms with Gasteiger partial charge >= 0.3 is 0 Å². The Morgan fingerprint density at radius 3 is 2.86 bits per heavy atom. The Labute approximate surface area is 132 Å². The van der Waals surface area contributed by atoms with Crippen LogP contribution in [-0.4, -0.2) is 42.1 Å². The van der Waals surface area contributed by atoms with Gasteiger partial charge in [-0.2, -0.15) is 0 Å². The molecule has 1 aromatic rings. The lowest BCUT2D eigenvalue weighted by molar-refractivity contribution is -0.137. The third-order valence-corrected chi connectivity index (χ3v) is 4.97. The minimum Gasteiger partial charge on any atom is -0.381 e. The Morgan fingerprint density at radius 2 is 2.09 bits per heavy atom. The van der Waals surface area contributed by atoms with E-state index in [1.807, 2.05) is 18.5 Å². The Balaban J connectivity index is 1.47. The van der Waals surface area contributed by atoms with Crippen LogP contribution in [0.25, 0.3) is 0 Å². The van der Waals surface area contributed by atoms with Crippen LogP contribution >= 0.6 is 0 Å². The number of piperidine rings is 1.